The molecular formula is C17H26N4. The summed E-state index contributed by atoms with van der Waals surface area (Å²) in [5.41, 5.74) is 10.5. The molecule has 0 unspecified atom stereocenters. The Kier molecular flexibility index (Phi) is 5.51. The van der Waals surface area contributed by atoms with Gasteiger partial charge in [0.05, 0.1) is 17.9 Å². The van der Waals surface area contributed by atoms with E-state index in [-0.39, 0.29) is 0 Å². The third kappa shape index (κ3) is 3.91. The summed E-state index contributed by atoms with van der Waals surface area (Å²) in [6, 6.07) is 8.77. The average molecular weight is 286 g/mol. The number of unbranched alkanes of at least 4 members (excludes halogenated alkanes) is 1. The second-order valence-electron chi connectivity index (χ2n) is 5.84. The van der Waals surface area contributed by atoms with E-state index < -0.39 is 0 Å². The molecule has 0 bridgehead atoms. The minimum atomic E-state index is 0.464. The van der Waals surface area contributed by atoms with Crippen molar-refractivity contribution in [3.63, 3.8) is 0 Å². The summed E-state index contributed by atoms with van der Waals surface area (Å²) < 4.78 is 2.00. The quantitative estimate of drug-likeness (QED) is 0.850. The maximum absolute atomic E-state index is 5.77. The van der Waals surface area contributed by atoms with Crippen LogP contribution in [0.5, 0.6) is 0 Å². The number of nitrogens with two attached hydrogens (primary N) is 1. The maximum atomic E-state index is 5.77. The molecule has 0 saturated carbocycles. The topological polar surface area (TPSA) is 56.7 Å². The van der Waals surface area contributed by atoms with Crippen LogP contribution in [-0.4, -0.2) is 15.0 Å². The molecule has 0 fully saturated rings. The molecule has 2 N–H and O–H groups in total. The SMILES string of the molecule is CCCCc1c(CN)nnn1Cc1ccc(C(C)C)cc1. The maximum Gasteiger partial charge on any atom is 0.0994 e. The number of hydrogen-bond donors (Lipinski definition) is 1. The normalized spacial score (nSPS) is 11.3. The van der Waals surface area contributed by atoms with Crippen LogP contribution < -0.4 is 5.73 Å². The monoisotopic (exact) mass is 286 g/mol. The van der Waals surface area contributed by atoms with E-state index in [1.807, 2.05) is 4.68 Å². The fraction of sp³-hybridized carbons (Fsp3) is 0.529. The van der Waals surface area contributed by atoms with Crippen LogP contribution in [0.2, 0.25) is 0 Å². The molecule has 4 heteroatoms. The van der Waals surface area contributed by atoms with E-state index in [2.05, 4.69) is 55.3 Å². The standard InChI is InChI=1S/C17H26N4/c1-4-5-6-17-16(11-18)19-20-21(17)12-14-7-9-15(10-8-14)13(2)3/h7-10,13H,4-6,11-12,18H2,1-3H3. The Balaban J connectivity index is 2.16. The van der Waals surface area contributed by atoms with Crippen molar-refractivity contribution in [3.05, 3.63) is 46.8 Å². The Morgan fingerprint density at radius 1 is 1.19 bits per heavy atom. The second-order valence-corrected chi connectivity index (χ2v) is 5.84. The molecule has 0 amide bonds. The summed E-state index contributed by atoms with van der Waals surface area (Å²) in [5, 5.41) is 8.50. The molecule has 2 aromatic rings. The molecule has 1 heterocycles. The Hall–Kier alpha value is -1.68. The van der Waals surface area contributed by atoms with Gasteiger partial charge < -0.3 is 5.73 Å². The van der Waals surface area contributed by atoms with E-state index in [0.29, 0.717) is 12.5 Å². The van der Waals surface area contributed by atoms with E-state index in [9.17, 15) is 0 Å². The summed E-state index contributed by atoms with van der Waals surface area (Å²) >= 11 is 0. The van der Waals surface area contributed by atoms with Gasteiger partial charge in [-0.25, -0.2) is 4.68 Å². The van der Waals surface area contributed by atoms with Crippen LogP contribution in [0.3, 0.4) is 0 Å². The van der Waals surface area contributed by atoms with Gasteiger partial charge in [-0.15, -0.1) is 5.10 Å². The van der Waals surface area contributed by atoms with E-state index in [1.54, 1.807) is 0 Å². The molecule has 0 spiro atoms. The molecule has 0 aliphatic rings. The van der Waals surface area contributed by atoms with Gasteiger partial charge in [-0.2, -0.15) is 0 Å². The lowest BCUT2D eigenvalue weighted by molar-refractivity contribution is 0.605. The summed E-state index contributed by atoms with van der Waals surface area (Å²) in [7, 11) is 0. The van der Waals surface area contributed by atoms with Crippen LogP contribution in [-0.2, 0) is 19.5 Å². The van der Waals surface area contributed by atoms with Gasteiger partial charge in [0.1, 0.15) is 0 Å². The molecule has 2 rings (SSSR count). The smallest absolute Gasteiger partial charge is 0.0994 e. The molecule has 114 valence electrons. The molecule has 1 aromatic carbocycles. The lowest BCUT2D eigenvalue weighted by Crippen LogP contribution is -2.09. The Bertz CT molecular complexity index is 555. The van der Waals surface area contributed by atoms with Crippen LogP contribution in [0.15, 0.2) is 24.3 Å². The Labute approximate surface area is 127 Å². The van der Waals surface area contributed by atoms with Gasteiger partial charge in [-0.1, -0.05) is 56.7 Å². The number of aromatic nitrogens is 3. The molecular weight excluding hydrogens is 260 g/mol. The fourth-order valence-corrected chi connectivity index (χ4v) is 2.45. The third-order valence-electron chi connectivity index (χ3n) is 3.86. The third-order valence-corrected chi connectivity index (χ3v) is 3.86. The number of hydrogen-bond acceptors (Lipinski definition) is 3. The van der Waals surface area contributed by atoms with Crippen LogP contribution in [0.25, 0.3) is 0 Å². The minimum absolute atomic E-state index is 0.464. The minimum Gasteiger partial charge on any atom is -0.325 e. The number of nitrogens with zero attached hydrogens (tertiary/aromatic N) is 3. The van der Waals surface area contributed by atoms with Crippen molar-refractivity contribution >= 4 is 0 Å². The lowest BCUT2D eigenvalue weighted by atomic mass is 10.0. The highest BCUT2D eigenvalue weighted by Gasteiger charge is 2.11. The van der Waals surface area contributed by atoms with Crippen LogP contribution in [0.4, 0.5) is 0 Å². The number of rotatable bonds is 7. The fourth-order valence-electron chi connectivity index (χ4n) is 2.45. The molecule has 1 aromatic heterocycles. The molecule has 0 radical (unpaired) electrons. The van der Waals surface area contributed by atoms with E-state index in [0.717, 1.165) is 31.5 Å². The first-order chi connectivity index (χ1) is 10.2. The largest absolute Gasteiger partial charge is 0.325 e. The summed E-state index contributed by atoms with van der Waals surface area (Å²) in [6.07, 6.45) is 3.31. The summed E-state index contributed by atoms with van der Waals surface area (Å²) in [5.74, 6) is 0.564. The highest BCUT2D eigenvalue weighted by Crippen LogP contribution is 2.16. The first kappa shape index (κ1) is 15.7. The number of benzene rings is 1. The predicted molar refractivity (Wildman–Crippen MR) is 86.2 cm³/mol. The molecule has 0 atom stereocenters. The first-order valence-electron chi connectivity index (χ1n) is 7.85. The van der Waals surface area contributed by atoms with E-state index >= 15 is 0 Å². The van der Waals surface area contributed by atoms with E-state index in [1.165, 1.54) is 16.8 Å². The van der Waals surface area contributed by atoms with Gasteiger partial charge in [-0.3, -0.25) is 0 Å². The highest BCUT2D eigenvalue weighted by atomic mass is 15.4. The van der Waals surface area contributed by atoms with Crippen molar-refractivity contribution in [2.45, 2.75) is 59.0 Å². The lowest BCUT2D eigenvalue weighted by Gasteiger charge is -2.09. The van der Waals surface area contributed by atoms with Gasteiger partial charge in [0.15, 0.2) is 0 Å². The predicted octanol–water partition coefficient (Wildman–Crippen LogP) is 3.25. The second kappa shape index (κ2) is 7.36. The summed E-state index contributed by atoms with van der Waals surface area (Å²) in [6.45, 7) is 7.85. The zero-order chi connectivity index (χ0) is 15.2. The Morgan fingerprint density at radius 2 is 1.90 bits per heavy atom. The van der Waals surface area contributed by atoms with Gasteiger partial charge in [0.2, 0.25) is 0 Å². The van der Waals surface area contributed by atoms with Crippen molar-refractivity contribution in [1.29, 1.82) is 0 Å². The molecule has 0 aliphatic carbocycles. The first-order valence-corrected chi connectivity index (χ1v) is 7.85. The van der Waals surface area contributed by atoms with Gasteiger partial charge >= 0.3 is 0 Å². The van der Waals surface area contributed by atoms with Gasteiger partial charge in [0, 0.05) is 6.54 Å². The zero-order valence-corrected chi connectivity index (χ0v) is 13.3. The molecule has 0 aliphatic heterocycles. The van der Waals surface area contributed by atoms with E-state index in [4.69, 9.17) is 5.73 Å². The van der Waals surface area contributed by atoms with Crippen molar-refractivity contribution in [2.75, 3.05) is 0 Å². The highest BCUT2D eigenvalue weighted by molar-refractivity contribution is 5.25. The zero-order valence-electron chi connectivity index (χ0n) is 13.3. The van der Waals surface area contributed by atoms with Crippen LogP contribution >= 0.6 is 0 Å². The van der Waals surface area contributed by atoms with Crippen molar-refractivity contribution in [1.82, 2.24) is 15.0 Å². The van der Waals surface area contributed by atoms with Crippen molar-refractivity contribution < 1.29 is 0 Å². The van der Waals surface area contributed by atoms with Crippen LogP contribution in [0, 0.1) is 0 Å². The van der Waals surface area contributed by atoms with Crippen molar-refractivity contribution in [3.8, 4) is 0 Å². The molecule has 4 nitrogen and oxygen atoms in total. The molecule has 21 heavy (non-hydrogen) atoms. The molecule has 0 saturated heterocycles. The van der Waals surface area contributed by atoms with Gasteiger partial charge in [-0.05, 0) is 29.9 Å². The average Bonchev–Trinajstić information content (AvgIpc) is 2.87. The van der Waals surface area contributed by atoms with Crippen LogP contribution in [0.1, 0.15) is 62.0 Å². The van der Waals surface area contributed by atoms with Gasteiger partial charge in [0.25, 0.3) is 0 Å². The Morgan fingerprint density at radius 3 is 2.48 bits per heavy atom. The summed E-state index contributed by atoms with van der Waals surface area (Å²) in [4.78, 5) is 0. The van der Waals surface area contributed by atoms with Crippen molar-refractivity contribution in [2.24, 2.45) is 5.73 Å².